The number of amides is 4. The minimum Gasteiger partial charge on any atom is -0.464 e. The summed E-state index contributed by atoms with van der Waals surface area (Å²) in [5, 5.41) is 4.01. The molecule has 9 heteroatoms. The Balaban J connectivity index is 1.75. The number of likely N-dealkylation sites (N-methyl/N-ethyl adjacent to an activating group) is 2. The summed E-state index contributed by atoms with van der Waals surface area (Å²) < 4.78 is 11.5. The van der Waals surface area contributed by atoms with Gasteiger partial charge in [-0.1, -0.05) is 33.3 Å². The van der Waals surface area contributed by atoms with E-state index in [1.54, 1.807) is 11.2 Å². The second-order valence-electron chi connectivity index (χ2n) is 9.99. The molecule has 1 saturated heterocycles. The molecule has 0 saturated carbocycles. The number of fused-ring (bicyclic) bond motifs is 1. The van der Waals surface area contributed by atoms with Crippen molar-refractivity contribution in [1.82, 2.24) is 20.0 Å². The van der Waals surface area contributed by atoms with Crippen LogP contribution in [0.3, 0.4) is 0 Å². The standard InChI is InChI=1S/C28H42N4O5/c1-7-11-22(20-12-13-23-21(18-20)14-17-36-23)29-27(35)32-25(34)28(8-2,9-3)26(32)37-19-24(33)31(10-4)16-15-30(5)6/h12-14,17-18,22,26H,7-11,15-16,19H2,1-6H3,(H,29,35). The Morgan fingerprint density at radius 2 is 1.86 bits per heavy atom. The quantitative estimate of drug-likeness (QED) is 0.399. The van der Waals surface area contributed by atoms with Gasteiger partial charge in [-0.05, 0) is 64.0 Å². The van der Waals surface area contributed by atoms with E-state index in [1.165, 1.54) is 0 Å². The summed E-state index contributed by atoms with van der Waals surface area (Å²) in [7, 11) is 3.92. The molecule has 3 rings (SSSR count). The zero-order valence-electron chi connectivity index (χ0n) is 23.1. The third-order valence-corrected chi connectivity index (χ3v) is 7.50. The molecule has 0 radical (unpaired) electrons. The fraction of sp³-hybridized carbons (Fsp3) is 0.607. The van der Waals surface area contributed by atoms with Crippen molar-refractivity contribution in [3.63, 3.8) is 0 Å². The van der Waals surface area contributed by atoms with E-state index in [1.807, 2.05) is 64.0 Å². The number of furan rings is 1. The van der Waals surface area contributed by atoms with Crippen molar-refractivity contribution in [1.29, 1.82) is 0 Å². The largest absolute Gasteiger partial charge is 0.464 e. The Labute approximate surface area is 220 Å². The Bertz CT molecular complexity index is 1080. The third-order valence-electron chi connectivity index (χ3n) is 7.50. The van der Waals surface area contributed by atoms with E-state index >= 15 is 0 Å². The summed E-state index contributed by atoms with van der Waals surface area (Å²) in [6.45, 7) is 9.54. The zero-order valence-corrected chi connectivity index (χ0v) is 23.1. The second kappa shape index (κ2) is 12.6. The molecule has 4 amide bonds. The Morgan fingerprint density at radius 3 is 2.49 bits per heavy atom. The number of nitrogens with zero attached hydrogens (tertiary/aromatic N) is 3. The van der Waals surface area contributed by atoms with Crippen molar-refractivity contribution in [2.24, 2.45) is 5.41 Å². The highest BCUT2D eigenvalue weighted by atomic mass is 16.5. The number of likely N-dealkylation sites (tertiary alicyclic amines) is 1. The molecule has 2 heterocycles. The van der Waals surface area contributed by atoms with Gasteiger partial charge in [-0.25, -0.2) is 9.69 Å². The summed E-state index contributed by atoms with van der Waals surface area (Å²) >= 11 is 0. The smallest absolute Gasteiger partial charge is 0.326 e. The van der Waals surface area contributed by atoms with Gasteiger partial charge in [-0.3, -0.25) is 9.59 Å². The fourth-order valence-electron chi connectivity index (χ4n) is 5.02. The van der Waals surface area contributed by atoms with Crippen LogP contribution in [0.1, 0.15) is 65.0 Å². The van der Waals surface area contributed by atoms with Crippen LogP contribution in [0.5, 0.6) is 0 Å². The van der Waals surface area contributed by atoms with E-state index in [0.29, 0.717) is 32.4 Å². The van der Waals surface area contributed by atoms with Gasteiger partial charge >= 0.3 is 6.03 Å². The van der Waals surface area contributed by atoms with Crippen molar-refractivity contribution < 1.29 is 23.5 Å². The maximum absolute atomic E-state index is 13.4. The van der Waals surface area contributed by atoms with Gasteiger partial charge < -0.3 is 24.3 Å². The number of β-lactam (4-membered cyclic amide) rings is 1. The van der Waals surface area contributed by atoms with Crippen LogP contribution >= 0.6 is 0 Å². The number of ether oxygens (including phenoxy) is 1. The lowest BCUT2D eigenvalue weighted by atomic mass is 9.72. The highest BCUT2D eigenvalue weighted by Gasteiger charge is 2.62. The van der Waals surface area contributed by atoms with E-state index in [2.05, 4.69) is 12.2 Å². The molecule has 2 aromatic rings. The predicted molar refractivity (Wildman–Crippen MR) is 143 cm³/mol. The number of imide groups is 1. The first kappa shape index (κ1) is 28.7. The van der Waals surface area contributed by atoms with Crippen LogP contribution in [0.4, 0.5) is 4.79 Å². The molecule has 1 N–H and O–H groups in total. The van der Waals surface area contributed by atoms with Crippen molar-refractivity contribution >= 4 is 28.8 Å². The van der Waals surface area contributed by atoms with Crippen LogP contribution in [0.2, 0.25) is 0 Å². The van der Waals surface area contributed by atoms with Gasteiger partial charge in [0.15, 0.2) is 6.23 Å². The first-order chi connectivity index (χ1) is 17.7. The molecule has 1 aliphatic rings. The maximum atomic E-state index is 13.4. The molecule has 0 bridgehead atoms. The van der Waals surface area contributed by atoms with Gasteiger partial charge in [-0.15, -0.1) is 0 Å². The first-order valence-electron chi connectivity index (χ1n) is 13.4. The third kappa shape index (κ3) is 5.99. The Hall–Kier alpha value is -2.91. The topological polar surface area (TPSA) is 95.3 Å². The molecule has 1 aliphatic heterocycles. The van der Waals surface area contributed by atoms with Crippen LogP contribution < -0.4 is 5.32 Å². The number of hydrogen-bond donors (Lipinski definition) is 1. The van der Waals surface area contributed by atoms with E-state index in [-0.39, 0.29) is 24.5 Å². The molecule has 204 valence electrons. The van der Waals surface area contributed by atoms with Crippen LogP contribution in [0.25, 0.3) is 11.0 Å². The van der Waals surface area contributed by atoms with Gasteiger partial charge in [0, 0.05) is 25.0 Å². The monoisotopic (exact) mass is 514 g/mol. The van der Waals surface area contributed by atoms with Crippen molar-refractivity contribution in [2.75, 3.05) is 40.3 Å². The highest BCUT2D eigenvalue weighted by molar-refractivity contribution is 6.03. The first-order valence-corrected chi connectivity index (χ1v) is 13.4. The number of nitrogens with one attached hydrogen (secondary N) is 1. The molecular formula is C28H42N4O5. The van der Waals surface area contributed by atoms with Crippen LogP contribution in [0.15, 0.2) is 34.9 Å². The average Bonchev–Trinajstić information content (AvgIpc) is 3.35. The molecule has 37 heavy (non-hydrogen) atoms. The summed E-state index contributed by atoms with van der Waals surface area (Å²) in [4.78, 5) is 44.5. The number of hydrogen-bond acceptors (Lipinski definition) is 6. The van der Waals surface area contributed by atoms with Crippen molar-refractivity contribution in [3.8, 4) is 0 Å². The molecular weight excluding hydrogens is 472 g/mol. The van der Waals surface area contributed by atoms with Crippen LogP contribution in [-0.2, 0) is 14.3 Å². The van der Waals surface area contributed by atoms with Crippen molar-refractivity contribution in [3.05, 3.63) is 36.1 Å². The number of urea groups is 1. The van der Waals surface area contributed by atoms with E-state index < -0.39 is 17.7 Å². The highest BCUT2D eigenvalue weighted by Crippen LogP contribution is 2.46. The van der Waals surface area contributed by atoms with Gasteiger partial charge in [-0.2, -0.15) is 0 Å². The average molecular weight is 515 g/mol. The number of carbonyl (C=O) groups is 3. The number of carbonyl (C=O) groups excluding carboxylic acids is 3. The maximum Gasteiger partial charge on any atom is 0.326 e. The fourth-order valence-corrected chi connectivity index (χ4v) is 5.02. The Morgan fingerprint density at radius 1 is 1.14 bits per heavy atom. The van der Waals surface area contributed by atoms with E-state index in [0.717, 1.165) is 34.4 Å². The molecule has 2 atom stereocenters. The Kier molecular flexibility index (Phi) is 9.73. The molecule has 2 unspecified atom stereocenters. The number of benzene rings is 1. The number of rotatable bonds is 13. The van der Waals surface area contributed by atoms with Crippen LogP contribution in [-0.4, -0.2) is 79.1 Å². The molecule has 0 aliphatic carbocycles. The lowest BCUT2D eigenvalue weighted by molar-refractivity contribution is -0.212. The molecule has 0 spiro atoms. The van der Waals surface area contributed by atoms with E-state index in [9.17, 15) is 14.4 Å². The summed E-state index contributed by atoms with van der Waals surface area (Å²) in [5.41, 5.74) is 0.916. The molecule has 1 aromatic carbocycles. The predicted octanol–water partition coefficient (Wildman–Crippen LogP) is 4.39. The van der Waals surface area contributed by atoms with Gasteiger partial charge in [0.2, 0.25) is 11.8 Å². The lowest BCUT2D eigenvalue weighted by Crippen LogP contribution is -2.72. The van der Waals surface area contributed by atoms with Crippen molar-refractivity contribution in [2.45, 2.75) is 65.6 Å². The normalized spacial score (nSPS) is 17.6. The van der Waals surface area contributed by atoms with Crippen LogP contribution in [0, 0.1) is 5.41 Å². The SMILES string of the molecule is CCCC(NC(=O)N1C(=O)C(CC)(CC)C1OCC(=O)N(CC)CCN(C)C)c1ccc2occc2c1. The summed E-state index contributed by atoms with van der Waals surface area (Å²) in [6.07, 6.45) is 3.47. The molecule has 9 nitrogen and oxygen atoms in total. The minimum absolute atomic E-state index is 0.151. The second-order valence-corrected chi connectivity index (χ2v) is 9.99. The van der Waals surface area contributed by atoms with Gasteiger partial charge in [0.05, 0.1) is 17.7 Å². The zero-order chi connectivity index (χ0) is 27.2. The van der Waals surface area contributed by atoms with E-state index in [4.69, 9.17) is 9.15 Å². The molecule has 1 aromatic heterocycles. The molecule has 1 fully saturated rings. The van der Waals surface area contributed by atoms with Gasteiger partial charge in [0.25, 0.3) is 0 Å². The van der Waals surface area contributed by atoms with Gasteiger partial charge in [0.1, 0.15) is 12.2 Å². The summed E-state index contributed by atoms with van der Waals surface area (Å²) in [6, 6.07) is 6.95. The minimum atomic E-state index is -0.811. The lowest BCUT2D eigenvalue weighted by Gasteiger charge is -2.53. The summed E-state index contributed by atoms with van der Waals surface area (Å²) in [5.74, 6) is -0.407.